The smallest absolute Gasteiger partial charge is 0.193 e. The lowest BCUT2D eigenvalue weighted by Crippen LogP contribution is -2.43. The van der Waals surface area contributed by atoms with Gasteiger partial charge in [0.2, 0.25) is 0 Å². The Kier molecular flexibility index (Phi) is 5.08. The van der Waals surface area contributed by atoms with Crippen LogP contribution in [0.5, 0.6) is 5.75 Å². The third-order valence-electron chi connectivity index (χ3n) is 7.23. The van der Waals surface area contributed by atoms with Crippen molar-refractivity contribution >= 4 is 29.9 Å². The van der Waals surface area contributed by atoms with Crippen molar-refractivity contribution in [3.63, 3.8) is 0 Å². The molecule has 0 aromatic heterocycles. The van der Waals surface area contributed by atoms with E-state index in [4.69, 9.17) is 9.47 Å². The molecule has 4 aliphatic rings. The molecule has 0 radical (unpaired) electrons. The van der Waals surface area contributed by atoms with Gasteiger partial charge in [0.1, 0.15) is 5.75 Å². The van der Waals surface area contributed by atoms with Crippen molar-refractivity contribution < 1.29 is 9.47 Å². The Morgan fingerprint density at radius 2 is 1.89 bits per heavy atom. The zero-order valence-corrected chi connectivity index (χ0v) is 18.7. The number of nitrogens with zero attached hydrogens (tertiary/aromatic N) is 2. The zero-order valence-electron chi connectivity index (χ0n) is 16.4. The van der Waals surface area contributed by atoms with Crippen molar-refractivity contribution in [2.75, 3.05) is 27.2 Å². The first-order valence-corrected chi connectivity index (χ1v) is 9.91. The maximum Gasteiger partial charge on any atom is 0.193 e. The number of ether oxygens (including phenoxy) is 2. The third-order valence-corrected chi connectivity index (χ3v) is 7.23. The molecule has 1 aromatic rings. The van der Waals surface area contributed by atoms with Crippen molar-refractivity contribution in [3.05, 3.63) is 29.8 Å². The zero-order chi connectivity index (χ0) is 17.9. The van der Waals surface area contributed by atoms with E-state index in [0.717, 1.165) is 31.2 Å². The quantitative estimate of drug-likeness (QED) is 0.408. The Balaban J connectivity index is 0.00000180. The number of fused-ring (bicyclic) bond motifs is 5. The molecule has 3 heterocycles. The number of aliphatic imine (C=N–C) groups is 1. The van der Waals surface area contributed by atoms with Gasteiger partial charge in [-0.2, -0.15) is 0 Å². The minimum atomic E-state index is 0. The monoisotopic (exact) mass is 483 g/mol. The Labute approximate surface area is 178 Å². The summed E-state index contributed by atoms with van der Waals surface area (Å²) >= 11 is 0. The summed E-state index contributed by atoms with van der Waals surface area (Å²) in [6, 6.07) is 8.80. The van der Waals surface area contributed by atoms with E-state index in [1.807, 2.05) is 13.1 Å². The highest BCUT2D eigenvalue weighted by Crippen LogP contribution is 2.51. The second kappa shape index (κ2) is 7.10. The SMILES string of the molecule is CN=C(NC1CC1(C)c1ccccc1OC)N1CC2C3CCC(O3)C2C1.I. The fourth-order valence-corrected chi connectivity index (χ4v) is 5.58. The van der Waals surface area contributed by atoms with Gasteiger partial charge in [0.25, 0.3) is 0 Å². The Hall–Kier alpha value is -1.02. The largest absolute Gasteiger partial charge is 0.496 e. The molecule has 1 saturated carbocycles. The maximum atomic E-state index is 6.11. The van der Waals surface area contributed by atoms with Crippen molar-refractivity contribution in [1.29, 1.82) is 0 Å². The number of guanidine groups is 1. The number of hydrogen-bond acceptors (Lipinski definition) is 3. The van der Waals surface area contributed by atoms with Crippen LogP contribution in [-0.2, 0) is 10.2 Å². The molecule has 0 amide bonds. The van der Waals surface area contributed by atoms with Gasteiger partial charge in [-0.15, -0.1) is 24.0 Å². The van der Waals surface area contributed by atoms with Crippen molar-refractivity contribution in [1.82, 2.24) is 10.2 Å². The van der Waals surface area contributed by atoms with E-state index in [-0.39, 0.29) is 29.4 Å². The van der Waals surface area contributed by atoms with Crippen LogP contribution in [0.15, 0.2) is 29.3 Å². The summed E-state index contributed by atoms with van der Waals surface area (Å²) in [6.45, 7) is 4.50. The predicted molar refractivity (Wildman–Crippen MR) is 117 cm³/mol. The van der Waals surface area contributed by atoms with Crippen LogP contribution in [0, 0.1) is 11.8 Å². The molecule has 5 rings (SSSR count). The Morgan fingerprint density at radius 3 is 2.52 bits per heavy atom. The van der Waals surface area contributed by atoms with Gasteiger partial charge >= 0.3 is 0 Å². The molecule has 1 aromatic carbocycles. The molecule has 3 saturated heterocycles. The number of methoxy groups -OCH3 is 1. The molecule has 0 spiro atoms. The first-order valence-electron chi connectivity index (χ1n) is 9.91. The third kappa shape index (κ3) is 3.03. The second-order valence-corrected chi connectivity index (χ2v) is 8.59. The van der Waals surface area contributed by atoms with E-state index < -0.39 is 0 Å². The molecule has 27 heavy (non-hydrogen) atoms. The van der Waals surface area contributed by atoms with Crippen molar-refractivity contribution in [3.8, 4) is 5.75 Å². The van der Waals surface area contributed by atoms with E-state index in [2.05, 4.69) is 40.3 Å². The fraction of sp³-hybridized carbons (Fsp3) is 0.667. The first kappa shape index (κ1) is 19.3. The number of halogens is 1. The van der Waals surface area contributed by atoms with E-state index in [1.54, 1.807) is 7.11 Å². The van der Waals surface area contributed by atoms with Crippen LogP contribution in [0.1, 0.15) is 31.7 Å². The van der Waals surface area contributed by atoms with Gasteiger partial charge in [0.15, 0.2) is 5.96 Å². The number of likely N-dealkylation sites (tertiary alicyclic amines) is 1. The number of hydrogen-bond donors (Lipinski definition) is 1. The van der Waals surface area contributed by atoms with E-state index >= 15 is 0 Å². The highest BCUT2D eigenvalue weighted by Gasteiger charge is 2.56. The minimum absolute atomic E-state index is 0. The lowest BCUT2D eigenvalue weighted by molar-refractivity contribution is 0.0767. The molecule has 5 nitrogen and oxygen atoms in total. The van der Waals surface area contributed by atoms with Gasteiger partial charge in [-0.05, 0) is 25.3 Å². The summed E-state index contributed by atoms with van der Waals surface area (Å²) in [6.07, 6.45) is 4.60. The number of nitrogens with one attached hydrogen (secondary N) is 1. The molecule has 6 unspecified atom stereocenters. The highest BCUT2D eigenvalue weighted by atomic mass is 127. The van der Waals surface area contributed by atoms with Gasteiger partial charge in [-0.1, -0.05) is 25.1 Å². The molecule has 2 bridgehead atoms. The molecule has 6 atom stereocenters. The molecule has 1 aliphatic carbocycles. The maximum absolute atomic E-state index is 6.11. The summed E-state index contributed by atoms with van der Waals surface area (Å²) in [4.78, 5) is 7.07. The summed E-state index contributed by atoms with van der Waals surface area (Å²) < 4.78 is 11.7. The lowest BCUT2D eigenvalue weighted by Gasteiger charge is -2.25. The molecule has 148 valence electrons. The van der Waals surface area contributed by atoms with Gasteiger partial charge in [-0.3, -0.25) is 4.99 Å². The summed E-state index contributed by atoms with van der Waals surface area (Å²) in [5, 5.41) is 3.74. The van der Waals surface area contributed by atoms with Gasteiger partial charge in [-0.25, -0.2) is 0 Å². The Morgan fingerprint density at radius 1 is 1.22 bits per heavy atom. The van der Waals surface area contributed by atoms with Gasteiger partial charge in [0.05, 0.1) is 19.3 Å². The molecule has 6 heteroatoms. The van der Waals surface area contributed by atoms with Crippen LogP contribution in [0.3, 0.4) is 0 Å². The van der Waals surface area contributed by atoms with Crippen LogP contribution in [0.2, 0.25) is 0 Å². The van der Waals surface area contributed by atoms with Crippen LogP contribution < -0.4 is 10.1 Å². The molecule has 3 aliphatic heterocycles. The minimum Gasteiger partial charge on any atom is -0.496 e. The number of rotatable bonds is 3. The van der Waals surface area contributed by atoms with Crippen LogP contribution in [-0.4, -0.2) is 56.4 Å². The summed E-state index contributed by atoms with van der Waals surface area (Å²) in [7, 11) is 3.66. The highest BCUT2D eigenvalue weighted by molar-refractivity contribution is 14.0. The standard InChI is InChI=1S/C21H29N3O2.HI/c1-21(15-6-4-5-7-18(15)25-3)10-19(21)23-20(22-2)24-11-13-14(12-24)17-9-8-16(13)26-17;/h4-7,13-14,16-17,19H,8-12H2,1-3H3,(H,22,23);1H. The summed E-state index contributed by atoms with van der Waals surface area (Å²) in [5.74, 6) is 3.44. The molecule has 1 N–H and O–H groups in total. The van der Waals surface area contributed by atoms with Gasteiger partial charge in [0, 0.05) is 49.0 Å². The van der Waals surface area contributed by atoms with E-state index in [9.17, 15) is 0 Å². The summed E-state index contributed by atoms with van der Waals surface area (Å²) in [5.41, 5.74) is 1.40. The van der Waals surface area contributed by atoms with E-state index in [1.165, 1.54) is 18.4 Å². The lowest BCUT2D eigenvalue weighted by atomic mass is 9.82. The first-order chi connectivity index (χ1) is 12.6. The normalized spacial score (nSPS) is 39.1. The Bertz CT molecular complexity index is 724. The average molecular weight is 483 g/mol. The molecule has 4 fully saturated rings. The topological polar surface area (TPSA) is 46.1 Å². The molecular weight excluding hydrogens is 453 g/mol. The fourth-order valence-electron chi connectivity index (χ4n) is 5.58. The van der Waals surface area contributed by atoms with Crippen LogP contribution in [0.4, 0.5) is 0 Å². The van der Waals surface area contributed by atoms with Crippen LogP contribution >= 0.6 is 24.0 Å². The van der Waals surface area contributed by atoms with Gasteiger partial charge < -0.3 is 19.7 Å². The second-order valence-electron chi connectivity index (χ2n) is 8.59. The molecular formula is C21H30IN3O2. The number of para-hydroxylation sites is 1. The van der Waals surface area contributed by atoms with E-state index in [0.29, 0.717) is 30.1 Å². The average Bonchev–Trinajstić information content (AvgIpc) is 3.10. The van der Waals surface area contributed by atoms with Crippen LogP contribution in [0.25, 0.3) is 0 Å². The number of benzene rings is 1. The predicted octanol–water partition coefficient (Wildman–Crippen LogP) is 3.03. The van der Waals surface area contributed by atoms with Crippen molar-refractivity contribution in [2.24, 2.45) is 16.8 Å². The van der Waals surface area contributed by atoms with Crippen molar-refractivity contribution in [2.45, 2.75) is 49.9 Å².